The zero-order chi connectivity index (χ0) is 29.1. The lowest BCUT2D eigenvalue weighted by Gasteiger charge is -2.53. The van der Waals surface area contributed by atoms with Crippen LogP contribution < -0.4 is 5.32 Å². The normalized spacial score (nSPS) is 22.6. The molecule has 5 rings (SSSR count). The molecule has 2 unspecified atom stereocenters. The van der Waals surface area contributed by atoms with Crippen molar-refractivity contribution in [2.24, 2.45) is 0 Å². The van der Waals surface area contributed by atoms with E-state index in [0.29, 0.717) is 19.5 Å². The predicted molar refractivity (Wildman–Crippen MR) is 151 cm³/mol. The third-order valence-electron chi connectivity index (χ3n) is 7.11. The number of rotatable bonds is 7. The molecule has 2 aromatic rings. The number of hydrogen-bond acceptors (Lipinski definition) is 6. The summed E-state index contributed by atoms with van der Waals surface area (Å²) < 4.78 is 18.0. The molecule has 0 spiro atoms. The first-order valence-electron chi connectivity index (χ1n) is 14.0. The van der Waals surface area contributed by atoms with E-state index >= 15 is 0 Å². The Morgan fingerprint density at radius 1 is 1.05 bits per heavy atom. The van der Waals surface area contributed by atoms with Crippen LogP contribution in [0.2, 0.25) is 0 Å². The smallest absolute Gasteiger partial charge is 0.246 e. The Labute approximate surface area is 236 Å². The van der Waals surface area contributed by atoms with Gasteiger partial charge in [0.2, 0.25) is 18.2 Å². The number of nitrogens with zero attached hydrogens (tertiary/aromatic N) is 4. The van der Waals surface area contributed by atoms with Crippen LogP contribution >= 0.6 is 0 Å². The molecule has 0 bridgehead atoms. The lowest BCUT2D eigenvalue weighted by molar-refractivity contribution is -0.197. The van der Waals surface area contributed by atoms with E-state index in [0.717, 1.165) is 43.5 Å². The topological polar surface area (TPSA) is 85.4 Å². The SMILES string of the molecule is CC.CN1CC(=O)N2C(CN(CC3CCCO3)C(=O)[C@@H]2Cc2ccccc2)N1C=O.CNCc1ccc(F)cc1. The molecule has 3 amide bonds. The van der Waals surface area contributed by atoms with E-state index in [2.05, 4.69) is 5.32 Å². The average molecular weight is 556 g/mol. The third-order valence-corrected chi connectivity index (χ3v) is 7.11. The molecule has 2 aromatic carbocycles. The fourth-order valence-electron chi connectivity index (χ4n) is 5.23. The van der Waals surface area contributed by atoms with Gasteiger partial charge < -0.3 is 19.9 Å². The Kier molecular flexibility index (Phi) is 12.0. The van der Waals surface area contributed by atoms with Crippen molar-refractivity contribution in [3.8, 4) is 0 Å². The number of halogens is 1. The van der Waals surface area contributed by atoms with Crippen LogP contribution in [-0.2, 0) is 32.1 Å². The monoisotopic (exact) mass is 555 g/mol. The molecule has 9 nitrogen and oxygen atoms in total. The van der Waals surface area contributed by atoms with Crippen LogP contribution in [0.5, 0.6) is 0 Å². The number of fused-ring (bicyclic) bond motifs is 1. The minimum atomic E-state index is -0.619. The summed E-state index contributed by atoms with van der Waals surface area (Å²) in [5, 5.41) is 6.12. The van der Waals surface area contributed by atoms with Gasteiger partial charge in [0, 0.05) is 33.2 Å². The number of nitrogens with one attached hydrogen (secondary N) is 1. The van der Waals surface area contributed by atoms with Gasteiger partial charge in [-0.05, 0) is 43.1 Å². The Bertz CT molecular complexity index is 1080. The van der Waals surface area contributed by atoms with Crippen LogP contribution in [0.15, 0.2) is 54.6 Å². The molecule has 3 fully saturated rings. The maximum atomic E-state index is 13.4. The largest absolute Gasteiger partial charge is 0.376 e. The van der Waals surface area contributed by atoms with Crippen molar-refractivity contribution >= 4 is 18.2 Å². The standard InChI is InChI=1S/C20H26N4O4.C8H10FN.C2H6/c1-21-13-19(26)24-17(10-15-6-3-2-4-7-15)20(27)22(11-16-8-5-9-28-16)12-18(24)23(21)14-25;1-10-6-7-2-4-8(9)5-3-7;1-2/h2-4,6-7,14,16-18H,5,8-13H2,1H3;2-5,10H,6H2,1H3;1-2H3/t16?,17-,18?;;/m0../s1. The summed E-state index contributed by atoms with van der Waals surface area (Å²) in [7, 11) is 3.58. The van der Waals surface area contributed by atoms with E-state index in [1.54, 1.807) is 34.0 Å². The maximum Gasteiger partial charge on any atom is 0.246 e. The molecule has 3 aliphatic rings. The fourth-order valence-corrected chi connectivity index (χ4v) is 5.23. The molecular weight excluding hydrogens is 513 g/mol. The van der Waals surface area contributed by atoms with Crippen molar-refractivity contribution in [3.05, 3.63) is 71.5 Å². The quantitative estimate of drug-likeness (QED) is 0.529. The molecule has 0 radical (unpaired) electrons. The molecule has 1 N–H and O–H groups in total. The molecule has 40 heavy (non-hydrogen) atoms. The number of hydrazine groups is 1. The van der Waals surface area contributed by atoms with Gasteiger partial charge in [-0.15, -0.1) is 0 Å². The highest BCUT2D eigenvalue weighted by atomic mass is 19.1. The maximum absolute atomic E-state index is 13.4. The minimum absolute atomic E-state index is 0.0228. The van der Waals surface area contributed by atoms with E-state index < -0.39 is 12.2 Å². The minimum Gasteiger partial charge on any atom is -0.376 e. The van der Waals surface area contributed by atoms with Gasteiger partial charge in [-0.3, -0.25) is 19.4 Å². The highest BCUT2D eigenvalue weighted by molar-refractivity contribution is 5.91. The number of carbonyl (C=O) groups excluding carboxylic acids is 3. The molecule has 0 saturated carbocycles. The molecule has 218 valence electrons. The Balaban J connectivity index is 0.000000309. The van der Waals surface area contributed by atoms with Crippen LogP contribution in [0.3, 0.4) is 0 Å². The van der Waals surface area contributed by atoms with Crippen molar-refractivity contribution in [1.82, 2.24) is 25.1 Å². The van der Waals surface area contributed by atoms with Crippen molar-refractivity contribution in [1.29, 1.82) is 0 Å². The molecule has 0 aromatic heterocycles. The molecular formula is C30H42FN5O4. The lowest BCUT2D eigenvalue weighted by atomic mass is 9.98. The highest BCUT2D eigenvalue weighted by Gasteiger charge is 2.49. The van der Waals surface area contributed by atoms with Crippen LogP contribution in [0.1, 0.15) is 37.8 Å². The molecule has 3 heterocycles. The summed E-state index contributed by atoms with van der Waals surface area (Å²) in [5.41, 5.74) is 2.09. The molecule has 0 aliphatic carbocycles. The predicted octanol–water partition coefficient (Wildman–Crippen LogP) is 2.66. The zero-order valence-corrected chi connectivity index (χ0v) is 24.0. The average Bonchev–Trinajstić information content (AvgIpc) is 3.48. The first kappa shape index (κ1) is 31.2. The van der Waals surface area contributed by atoms with Gasteiger partial charge in [0.1, 0.15) is 18.0 Å². The van der Waals surface area contributed by atoms with E-state index in [1.807, 2.05) is 51.2 Å². The summed E-state index contributed by atoms with van der Waals surface area (Å²) in [6.45, 7) is 6.40. The second-order valence-corrected chi connectivity index (χ2v) is 9.82. The summed E-state index contributed by atoms with van der Waals surface area (Å²) >= 11 is 0. The van der Waals surface area contributed by atoms with Crippen molar-refractivity contribution in [2.75, 3.05) is 40.3 Å². The third kappa shape index (κ3) is 7.87. The number of piperazine rings is 1. The molecule has 3 atom stereocenters. The highest BCUT2D eigenvalue weighted by Crippen LogP contribution is 2.27. The Morgan fingerprint density at radius 3 is 2.35 bits per heavy atom. The van der Waals surface area contributed by atoms with E-state index in [4.69, 9.17) is 4.74 Å². The van der Waals surface area contributed by atoms with Crippen LogP contribution in [-0.4, -0.2) is 96.7 Å². The second kappa shape index (κ2) is 15.4. The van der Waals surface area contributed by atoms with Crippen molar-refractivity contribution < 1.29 is 23.5 Å². The van der Waals surface area contributed by atoms with Crippen molar-refractivity contribution in [2.45, 2.75) is 58.0 Å². The first-order chi connectivity index (χ1) is 19.4. The summed E-state index contributed by atoms with van der Waals surface area (Å²) in [6.07, 6.45) is 2.63. The number of carbonyl (C=O) groups is 3. The summed E-state index contributed by atoms with van der Waals surface area (Å²) in [5.74, 6) is -0.379. The van der Waals surface area contributed by atoms with Gasteiger partial charge in [-0.25, -0.2) is 9.40 Å². The van der Waals surface area contributed by atoms with Gasteiger partial charge in [-0.1, -0.05) is 56.3 Å². The van der Waals surface area contributed by atoms with E-state index in [1.165, 1.54) is 17.1 Å². The van der Waals surface area contributed by atoms with E-state index in [9.17, 15) is 18.8 Å². The molecule has 10 heteroatoms. The summed E-state index contributed by atoms with van der Waals surface area (Å²) in [4.78, 5) is 41.3. The molecule has 3 saturated heterocycles. The number of benzene rings is 2. The van der Waals surface area contributed by atoms with E-state index in [-0.39, 0.29) is 30.3 Å². The summed E-state index contributed by atoms with van der Waals surface area (Å²) in [6, 6.07) is 15.5. The van der Waals surface area contributed by atoms with Crippen LogP contribution in [0.25, 0.3) is 0 Å². The van der Waals surface area contributed by atoms with Crippen LogP contribution in [0, 0.1) is 5.82 Å². The zero-order valence-electron chi connectivity index (χ0n) is 24.0. The number of hydrogen-bond donors (Lipinski definition) is 1. The first-order valence-corrected chi connectivity index (χ1v) is 14.0. The van der Waals surface area contributed by atoms with Gasteiger partial charge >= 0.3 is 0 Å². The van der Waals surface area contributed by atoms with Crippen LogP contribution in [0.4, 0.5) is 4.39 Å². The lowest BCUT2D eigenvalue weighted by Crippen LogP contribution is -2.74. The van der Waals surface area contributed by atoms with Gasteiger partial charge in [0.05, 0.1) is 19.2 Å². The molecule has 3 aliphatic heterocycles. The van der Waals surface area contributed by atoms with Crippen molar-refractivity contribution in [3.63, 3.8) is 0 Å². The Hall–Kier alpha value is -3.34. The number of ether oxygens (including phenoxy) is 1. The van der Waals surface area contributed by atoms with Gasteiger partial charge in [0.15, 0.2) is 0 Å². The number of amides is 3. The number of likely N-dealkylation sites (N-methyl/N-ethyl adjacent to an activating group) is 1. The Morgan fingerprint density at radius 2 is 1.75 bits per heavy atom. The van der Waals surface area contributed by atoms with Gasteiger partial charge in [0.25, 0.3) is 0 Å². The van der Waals surface area contributed by atoms with Gasteiger partial charge in [-0.2, -0.15) is 0 Å². The second-order valence-electron chi connectivity index (χ2n) is 9.82. The fraction of sp³-hybridized carbons (Fsp3) is 0.500.